The van der Waals surface area contributed by atoms with Crippen LogP contribution >= 0.6 is 0 Å². The zero-order chi connectivity index (χ0) is 12.0. The van der Waals surface area contributed by atoms with Gasteiger partial charge >= 0.3 is 0 Å². The Morgan fingerprint density at radius 2 is 1.94 bits per heavy atom. The lowest BCUT2D eigenvalue weighted by Gasteiger charge is -2.56. The highest BCUT2D eigenvalue weighted by Gasteiger charge is 2.55. The van der Waals surface area contributed by atoms with Gasteiger partial charge in [0.2, 0.25) is 0 Å². The van der Waals surface area contributed by atoms with Crippen LogP contribution in [0.4, 0.5) is 0 Å². The van der Waals surface area contributed by atoms with Gasteiger partial charge in [0.1, 0.15) is 0 Å². The number of hydrogen-bond acceptors (Lipinski definition) is 1. The van der Waals surface area contributed by atoms with Gasteiger partial charge in [-0.15, -0.1) is 0 Å². The Labute approximate surface area is 103 Å². The van der Waals surface area contributed by atoms with Gasteiger partial charge in [0, 0.05) is 5.92 Å². The summed E-state index contributed by atoms with van der Waals surface area (Å²) in [4.78, 5) is 12.3. The molecule has 2 bridgehead atoms. The molecule has 17 heavy (non-hydrogen) atoms. The predicted octanol–water partition coefficient (Wildman–Crippen LogP) is 3.71. The highest BCUT2D eigenvalue weighted by molar-refractivity contribution is 6.03. The minimum atomic E-state index is 0.241. The molecule has 0 unspecified atom stereocenters. The molecule has 0 N–H and O–H groups in total. The standard InChI is InChI=1S/C16H18O/c1-16(2)13-9-12(15(17)14(16)10-13)8-11-6-4-3-5-7-11/h3-8,13-14H,9-10H2,1-2H3/b12-8-/t13-,14-/m0/s1. The van der Waals surface area contributed by atoms with Gasteiger partial charge in [-0.3, -0.25) is 4.79 Å². The molecule has 1 aromatic rings. The third-order valence-electron chi connectivity index (χ3n) is 4.71. The van der Waals surface area contributed by atoms with Gasteiger partial charge in [0.25, 0.3) is 0 Å². The second kappa shape index (κ2) is 3.56. The van der Waals surface area contributed by atoms with Crippen molar-refractivity contribution in [2.45, 2.75) is 26.7 Å². The molecule has 4 rings (SSSR count). The number of fused-ring (bicyclic) bond motifs is 2. The summed E-state index contributed by atoms with van der Waals surface area (Å²) in [5.41, 5.74) is 2.43. The number of ketones is 1. The minimum Gasteiger partial charge on any atom is -0.294 e. The first kappa shape index (κ1) is 10.8. The fraction of sp³-hybridized carbons (Fsp3) is 0.438. The molecule has 3 saturated carbocycles. The van der Waals surface area contributed by atoms with Gasteiger partial charge in [-0.1, -0.05) is 44.2 Å². The van der Waals surface area contributed by atoms with Crippen LogP contribution in [0.2, 0.25) is 0 Å². The van der Waals surface area contributed by atoms with Crippen molar-refractivity contribution in [1.29, 1.82) is 0 Å². The van der Waals surface area contributed by atoms with Crippen molar-refractivity contribution in [3.63, 3.8) is 0 Å². The summed E-state index contributed by atoms with van der Waals surface area (Å²) in [6, 6.07) is 10.2. The van der Waals surface area contributed by atoms with Gasteiger partial charge in [-0.05, 0) is 41.4 Å². The number of rotatable bonds is 1. The molecule has 0 amide bonds. The van der Waals surface area contributed by atoms with Crippen LogP contribution in [0.25, 0.3) is 6.08 Å². The highest BCUT2D eigenvalue weighted by Crippen LogP contribution is 2.59. The number of hydrogen-bond donors (Lipinski definition) is 0. The lowest BCUT2D eigenvalue weighted by molar-refractivity contribution is -0.140. The largest absolute Gasteiger partial charge is 0.294 e. The number of allylic oxidation sites excluding steroid dienone is 1. The summed E-state index contributed by atoms with van der Waals surface area (Å²) in [5.74, 6) is 1.37. The Morgan fingerprint density at radius 3 is 2.53 bits per heavy atom. The topological polar surface area (TPSA) is 17.1 Å². The van der Waals surface area contributed by atoms with Crippen molar-refractivity contribution in [2.75, 3.05) is 0 Å². The van der Waals surface area contributed by atoms with E-state index in [9.17, 15) is 4.79 Å². The first-order valence-corrected chi connectivity index (χ1v) is 6.39. The van der Waals surface area contributed by atoms with Crippen molar-refractivity contribution >= 4 is 11.9 Å². The summed E-state index contributed by atoms with van der Waals surface area (Å²) in [7, 11) is 0. The molecule has 88 valence electrons. The van der Waals surface area contributed by atoms with Gasteiger partial charge in [0.15, 0.2) is 5.78 Å². The smallest absolute Gasteiger partial charge is 0.162 e. The molecule has 1 nitrogen and oxygen atoms in total. The van der Waals surface area contributed by atoms with Crippen molar-refractivity contribution in [3.05, 3.63) is 41.5 Å². The second-order valence-electron chi connectivity index (χ2n) is 5.96. The Balaban J connectivity index is 1.89. The first-order valence-electron chi connectivity index (χ1n) is 6.39. The van der Waals surface area contributed by atoms with E-state index in [0.29, 0.717) is 11.7 Å². The SMILES string of the molecule is CC1(C)[C@H]2C/C(=C/c3ccccc3)C(=O)[C@@H]1C2. The maximum Gasteiger partial charge on any atom is 0.162 e. The number of carbonyl (C=O) groups excluding carboxylic acids is 1. The van der Waals surface area contributed by atoms with Crippen LogP contribution in [-0.4, -0.2) is 5.78 Å². The molecule has 3 fully saturated rings. The van der Waals surface area contributed by atoms with Crippen LogP contribution < -0.4 is 0 Å². The Kier molecular flexibility index (Phi) is 2.25. The maximum absolute atomic E-state index is 12.3. The molecule has 3 aliphatic rings. The minimum absolute atomic E-state index is 0.241. The van der Waals surface area contributed by atoms with E-state index in [1.54, 1.807) is 0 Å². The Morgan fingerprint density at radius 1 is 1.24 bits per heavy atom. The summed E-state index contributed by atoms with van der Waals surface area (Å²) in [6.07, 6.45) is 4.16. The number of carbonyl (C=O) groups is 1. The zero-order valence-electron chi connectivity index (χ0n) is 10.4. The molecule has 0 aromatic heterocycles. The number of Topliss-reactive ketones (excluding diaryl/α,β-unsaturated/α-hetero) is 1. The maximum atomic E-state index is 12.3. The van der Waals surface area contributed by atoms with E-state index >= 15 is 0 Å². The molecule has 1 heteroatoms. The average Bonchev–Trinajstić information content (AvgIpc) is 2.32. The summed E-state index contributed by atoms with van der Waals surface area (Å²) < 4.78 is 0. The van der Waals surface area contributed by atoms with E-state index in [0.717, 1.165) is 24.0 Å². The van der Waals surface area contributed by atoms with Crippen LogP contribution in [0.15, 0.2) is 35.9 Å². The molecular formula is C16H18O. The van der Waals surface area contributed by atoms with Crippen molar-refractivity contribution < 1.29 is 4.79 Å². The van der Waals surface area contributed by atoms with Crippen LogP contribution in [0.1, 0.15) is 32.3 Å². The molecule has 2 atom stereocenters. The first-order chi connectivity index (χ1) is 8.09. The summed E-state index contributed by atoms with van der Waals surface area (Å²) in [5, 5.41) is 0. The quantitative estimate of drug-likeness (QED) is 0.667. The van der Waals surface area contributed by atoms with Crippen LogP contribution in [-0.2, 0) is 4.79 Å². The van der Waals surface area contributed by atoms with Gasteiger partial charge in [-0.2, -0.15) is 0 Å². The van der Waals surface area contributed by atoms with Gasteiger partial charge in [-0.25, -0.2) is 0 Å². The monoisotopic (exact) mass is 226 g/mol. The van der Waals surface area contributed by atoms with E-state index in [2.05, 4.69) is 32.1 Å². The Bertz CT molecular complexity index is 482. The highest BCUT2D eigenvalue weighted by atomic mass is 16.1. The predicted molar refractivity (Wildman–Crippen MR) is 69.4 cm³/mol. The lowest BCUT2D eigenvalue weighted by Crippen LogP contribution is -2.53. The molecule has 0 aliphatic heterocycles. The molecule has 1 aromatic carbocycles. The van der Waals surface area contributed by atoms with Crippen LogP contribution in [0.5, 0.6) is 0 Å². The molecule has 3 aliphatic carbocycles. The van der Waals surface area contributed by atoms with E-state index in [1.165, 1.54) is 0 Å². The van der Waals surface area contributed by atoms with Crippen molar-refractivity contribution in [3.8, 4) is 0 Å². The van der Waals surface area contributed by atoms with E-state index in [4.69, 9.17) is 0 Å². The summed E-state index contributed by atoms with van der Waals surface area (Å²) in [6.45, 7) is 4.48. The van der Waals surface area contributed by atoms with E-state index in [-0.39, 0.29) is 11.3 Å². The van der Waals surface area contributed by atoms with Crippen LogP contribution in [0.3, 0.4) is 0 Å². The molecule has 0 saturated heterocycles. The zero-order valence-corrected chi connectivity index (χ0v) is 10.4. The number of benzene rings is 1. The molecule has 0 radical (unpaired) electrons. The van der Waals surface area contributed by atoms with Gasteiger partial charge < -0.3 is 0 Å². The van der Waals surface area contributed by atoms with E-state index < -0.39 is 0 Å². The average molecular weight is 226 g/mol. The van der Waals surface area contributed by atoms with Gasteiger partial charge in [0.05, 0.1) is 0 Å². The molecular weight excluding hydrogens is 208 g/mol. The molecule has 0 spiro atoms. The van der Waals surface area contributed by atoms with Crippen molar-refractivity contribution in [2.24, 2.45) is 17.3 Å². The van der Waals surface area contributed by atoms with E-state index in [1.807, 2.05) is 18.2 Å². The summed E-state index contributed by atoms with van der Waals surface area (Å²) >= 11 is 0. The molecule has 0 heterocycles. The fourth-order valence-corrected chi connectivity index (χ4v) is 3.28. The third kappa shape index (κ3) is 1.56. The lowest BCUT2D eigenvalue weighted by atomic mass is 9.47. The third-order valence-corrected chi connectivity index (χ3v) is 4.71. The van der Waals surface area contributed by atoms with Crippen molar-refractivity contribution in [1.82, 2.24) is 0 Å². The Hall–Kier alpha value is -1.37. The van der Waals surface area contributed by atoms with Crippen LogP contribution in [0, 0.1) is 17.3 Å². The fourth-order valence-electron chi connectivity index (χ4n) is 3.28. The second-order valence-corrected chi connectivity index (χ2v) is 5.96. The normalized spacial score (nSPS) is 32.4.